The van der Waals surface area contributed by atoms with Crippen molar-refractivity contribution in [2.75, 3.05) is 6.54 Å². The van der Waals surface area contributed by atoms with E-state index in [2.05, 4.69) is 10.3 Å². The van der Waals surface area contributed by atoms with Gasteiger partial charge in [-0.1, -0.05) is 6.42 Å². The predicted octanol–water partition coefficient (Wildman–Crippen LogP) is 1.62. The van der Waals surface area contributed by atoms with E-state index in [0.717, 1.165) is 10.8 Å². The largest absolute Gasteiger partial charge is 0.352 e. The highest BCUT2D eigenvalue weighted by Crippen LogP contribution is 2.49. The molecule has 6 heteroatoms. The number of imide groups is 1. The van der Waals surface area contributed by atoms with E-state index in [0.29, 0.717) is 11.8 Å². The Morgan fingerprint density at radius 1 is 1.33 bits per heavy atom. The van der Waals surface area contributed by atoms with Crippen molar-refractivity contribution in [1.29, 1.82) is 0 Å². The van der Waals surface area contributed by atoms with Crippen LogP contribution in [0.2, 0.25) is 0 Å². The summed E-state index contributed by atoms with van der Waals surface area (Å²) >= 11 is 0. The number of amides is 3. The van der Waals surface area contributed by atoms with Gasteiger partial charge in [-0.15, -0.1) is 0 Å². The Morgan fingerprint density at radius 2 is 2.17 bits per heavy atom. The molecule has 24 heavy (non-hydrogen) atoms. The van der Waals surface area contributed by atoms with Crippen molar-refractivity contribution >= 4 is 17.7 Å². The van der Waals surface area contributed by atoms with E-state index >= 15 is 0 Å². The van der Waals surface area contributed by atoms with Crippen molar-refractivity contribution in [3.8, 4) is 0 Å². The van der Waals surface area contributed by atoms with Crippen LogP contribution >= 0.6 is 0 Å². The van der Waals surface area contributed by atoms with Gasteiger partial charge in [0.15, 0.2) is 0 Å². The van der Waals surface area contributed by atoms with Gasteiger partial charge in [0, 0.05) is 12.2 Å². The molecule has 3 aliphatic rings. The number of hydrogen-bond acceptors (Lipinski definition) is 4. The van der Waals surface area contributed by atoms with Crippen LogP contribution in [0.1, 0.15) is 53.5 Å². The molecule has 0 unspecified atom stereocenters. The highest BCUT2D eigenvalue weighted by Gasteiger charge is 2.43. The molecule has 2 heterocycles. The van der Waals surface area contributed by atoms with Gasteiger partial charge >= 0.3 is 0 Å². The summed E-state index contributed by atoms with van der Waals surface area (Å²) < 4.78 is 0. The third kappa shape index (κ3) is 2.41. The molecule has 1 aliphatic heterocycles. The number of rotatable bonds is 4. The molecule has 2 aliphatic carbocycles. The average Bonchev–Trinajstić information content (AvgIpc) is 3.26. The summed E-state index contributed by atoms with van der Waals surface area (Å²) in [5, 5.41) is 3.00. The maximum absolute atomic E-state index is 12.3. The number of aromatic nitrogens is 1. The van der Waals surface area contributed by atoms with E-state index in [9.17, 15) is 14.4 Å². The number of carbonyl (C=O) groups is 3. The van der Waals surface area contributed by atoms with Gasteiger partial charge in [0.05, 0.1) is 5.56 Å². The molecule has 1 N–H and O–H groups in total. The van der Waals surface area contributed by atoms with Gasteiger partial charge in [0.1, 0.15) is 12.2 Å². The number of carbonyl (C=O) groups excluding carboxylic acids is 3. The summed E-state index contributed by atoms with van der Waals surface area (Å²) in [4.78, 5) is 41.8. The van der Waals surface area contributed by atoms with Crippen molar-refractivity contribution in [2.24, 2.45) is 17.8 Å². The van der Waals surface area contributed by atoms with Gasteiger partial charge in [0.25, 0.3) is 11.8 Å². The highest BCUT2D eigenvalue weighted by atomic mass is 16.2. The van der Waals surface area contributed by atoms with Crippen molar-refractivity contribution < 1.29 is 14.4 Å². The number of nitrogens with zero attached hydrogens (tertiary/aromatic N) is 2. The molecule has 0 saturated heterocycles. The molecule has 126 valence electrons. The lowest BCUT2D eigenvalue weighted by Gasteiger charge is -2.29. The van der Waals surface area contributed by atoms with Crippen LogP contribution < -0.4 is 5.32 Å². The molecule has 2 saturated carbocycles. The van der Waals surface area contributed by atoms with Crippen LogP contribution in [0.3, 0.4) is 0 Å². The fourth-order valence-corrected chi connectivity index (χ4v) is 4.71. The first-order valence-electron chi connectivity index (χ1n) is 8.65. The number of pyridine rings is 1. The molecule has 6 nitrogen and oxygen atoms in total. The van der Waals surface area contributed by atoms with Crippen LogP contribution in [0.5, 0.6) is 0 Å². The van der Waals surface area contributed by atoms with E-state index in [1.807, 2.05) is 6.92 Å². The molecule has 4 atom stereocenters. The van der Waals surface area contributed by atoms with E-state index in [4.69, 9.17) is 0 Å². The zero-order valence-electron chi connectivity index (χ0n) is 13.7. The summed E-state index contributed by atoms with van der Waals surface area (Å²) in [6.45, 7) is 1.80. The van der Waals surface area contributed by atoms with E-state index in [1.54, 1.807) is 12.1 Å². The molecule has 0 aromatic carbocycles. The van der Waals surface area contributed by atoms with Crippen LogP contribution in [-0.4, -0.2) is 40.2 Å². The molecule has 2 fully saturated rings. The molecular weight excluding hydrogens is 306 g/mol. The third-order valence-corrected chi connectivity index (χ3v) is 5.86. The van der Waals surface area contributed by atoms with Crippen LogP contribution in [0.4, 0.5) is 0 Å². The van der Waals surface area contributed by atoms with E-state index < -0.39 is 11.8 Å². The summed E-state index contributed by atoms with van der Waals surface area (Å²) in [5.74, 6) is 0.857. The van der Waals surface area contributed by atoms with Crippen molar-refractivity contribution in [1.82, 2.24) is 15.2 Å². The first-order chi connectivity index (χ1) is 11.5. The van der Waals surface area contributed by atoms with Crippen molar-refractivity contribution in [3.63, 3.8) is 0 Å². The Kier molecular flexibility index (Phi) is 3.62. The quantitative estimate of drug-likeness (QED) is 0.852. The first kappa shape index (κ1) is 15.3. The van der Waals surface area contributed by atoms with Crippen molar-refractivity contribution in [3.05, 3.63) is 29.6 Å². The van der Waals surface area contributed by atoms with Gasteiger partial charge in [0.2, 0.25) is 5.91 Å². The second-order valence-electron chi connectivity index (χ2n) is 7.29. The number of fused-ring (bicyclic) bond motifs is 3. The van der Waals surface area contributed by atoms with Gasteiger partial charge in [-0.2, -0.15) is 0 Å². The van der Waals surface area contributed by atoms with Crippen LogP contribution in [0.15, 0.2) is 18.3 Å². The predicted molar refractivity (Wildman–Crippen MR) is 86.1 cm³/mol. The smallest absolute Gasteiger partial charge is 0.280 e. The maximum atomic E-state index is 12.3. The molecule has 0 spiro atoms. The Morgan fingerprint density at radius 3 is 2.83 bits per heavy atom. The Hall–Kier alpha value is -2.24. The lowest BCUT2D eigenvalue weighted by molar-refractivity contribution is -0.122. The monoisotopic (exact) mass is 327 g/mol. The Bertz CT molecular complexity index is 682. The van der Waals surface area contributed by atoms with Gasteiger partial charge in [-0.05, 0) is 56.1 Å². The second-order valence-corrected chi connectivity index (χ2v) is 7.29. The second kappa shape index (κ2) is 5.69. The standard InChI is InChI=1S/C18H21N3O3/c1-10(14-8-11-4-5-12(14)7-11)20-15(22)9-21-17(23)13-3-2-6-19-16(13)18(21)24/h2-3,6,10-12,14H,4-5,7-9H2,1H3,(H,20,22)/t10-,11+,12+,14+/m1/s1. The molecule has 2 bridgehead atoms. The minimum atomic E-state index is -0.488. The Balaban J connectivity index is 1.38. The van der Waals surface area contributed by atoms with Crippen molar-refractivity contribution in [2.45, 2.75) is 38.6 Å². The summed E-state index contributed by atoms with van der Waals surface area (Å²) in [5.41, 5.74) is 0.410. The van der Waals surface area contributed by atoms with Crippen LogP contribution in [0, 0.1) is 17.8 Å². The molecule has 1 aromatic rings. The number of nitrogens with one attached hydrogen (secondary N) is 1. The molecule has 0 radical (unpaired) electrons. The maximum Gasteiger partial charge on any atom is 0.280 e. The van der Waals surface area contributed by atoms with Gasteiger partial charge in [-0.3, -0.25) is 24.3 Å². The highest BCUT2D eigenvalue weighted by molar-refractivity contribution is 6.21. The lowest BCUT2D eigenvalue weighted by atomic mass is 9.84. The van der Waals surface area contributed by atoms with E-state index in [1.165, 1.54) is 31.9 Å². The SMILES string of the molecule is C[C@@H](NC(=O)CN1C(=O)c2cccnc2C1=O)[C@@H]1C[C@H]2CC[C@H]1C2. The zero-order chi connectivity index (χ0) is 16.8. The minimum Gasteiger partial charge on any atom is -0.352 e. The van der Waals surface area contributed by atoms with Gasteiger partial charge < -0.3 is 5.32 Å². The summed E-state index contributed by atoms with van der Waals surface area (Å²) in [7, 11) is 0. The summed E-state index contributed by atoms with van der Waals surface area (Å²) in [6.07, 6.45) is 6.53. The summed E-state index contributed by atoms with van der Waals surface area (Å²) in [6, 6.07) is 3.27. The molecular formula is C18H21N3O3. The third-order valence-electron chi connectivity index (χ3n) is 5.86. The average molecular weight is 327 g/mol. The lowest BCUT2D eigenvalue weighted by Crippen LogP contribution is -2.46. The zero-order valence-corrected chi connectivity index (χ0v) is 13.7. The van der Waals surface area contributed by atoms with Crippen LogP contribution in [0.25, 0.3) is 0 Å². The topological polar surface area (TPSA) is 79.4 Å². The molecule has 1 aromatic heterocycles. The fourth-order valence-electron chi connectivity index (χ4n) is 4.71. The van der Waals surface area contributed by atoms with Crippen LogP contribution in [-0.2, 0) is 4.79 Å². The molecule has 3 amide bonds. The van der Waals surface area contributed by atoms with E-state index in [-0.39, 0.29) is 29.8 Å². The Labute approximate surface area is 140 Å². The molecule has 4 rings (SSSR count). The van der Waals surface area contributed by atoms with Gasteiger partial charge in [-0.25, -0.2) is 0 Å². The first-order valence-corrected chi connectivity index (χ1v) is 8.65. The number of hydrogen-bond donors (Lipinski definition) is 1. The normalized spacial score (nSPS) is 29.0. The fraction of sp³-hybridized carbons (Fsp3) is 0.556. The minimum absolute atomic E-state index is 0.0844.